The van der Waals surface area contributed by atoms with E-state index in [4.69, 9.17) is 4.52 Å². The van der Waals surface area contributed by atoms with Crippen LogP contribution in [0.25, 0.3) is 0 Å². The monoisotopic (exact) mass is 422 g/mol. The molecule has 2 rings (SSSR count). The van der Waals surface area contributed by atoms with Crippen molar-refractivity contribution < 1.29 is 28.1 Å². The lowest BCUT2D eigenvalue weighted by Crippen LogP contribution is -2.32. The van der Waals surface area contributed by atoms with E-state index in [-0.39, 0.29) is 16.3 Å². The number of likely N-dealkylation sites (N-methyl/N-ethyl adjacent to an activating group) is 1. The minimum absolute atomic E-state index is 0.0945. The molecule has 0 radical (unpaired) electrons. The highest BCUT2D eigenvalue weighted by Gasteiger charge is 2.42. The molecule has 0 spiro atoms. The topological polar surface area (TPSA) is 121 Å². The van der Waals surface area contributed by atoms with Crippen LogP contribution in [-0.4, -0.2) is 68.2 Å². The van der Waals surface area contributed by atoms with Crippen LogP contribution in [-0.2, 0) is 23.2 Å². The van der Waals surface area contributed by atoms with Crippen LogP contribution in [0.2, 0.25) is 0 Å². The first-order valence-corrected chi connectivity index (χ1v) is 10.6. The van der Waals surface area contributed by atoms with E-state index >= 15 is 0 Å². The zero-order chi connectivity index (χ0) is 19.6. The fraction of sp³-hybridized carbons (Fsp3) is 0.538. The molecule has 2 aliphatic rings. The van der Waals surface area contributed by atoms with E-state index in [1.165, 1.54) is 23.7 Å². The number of nitrogens with zero attached hydrogens (tertiary/aromatic N) is 4. The van der Waals surface area contributed by atoms with Gasteiger partial charge in [0.1, 0.15) is 0 Å². The van der Waals surface area contributed by atoms with E-state index < -0.39 is 19.2 Å². The maximum absolute atomic E-state index is 12.2. The molecule has 0 bridgehead atoms. The van der Waals surface area contributed by atoms with Gasteiger partial charge in [-0.25, -0.2) is 4.57 Å². The smallest absolute Gasteiger partial charge is 0.302 e. The average Bonchev–Trinajstić information content (AvgIpc) is 2.97. The highest BCUT2D eigenvalue weighted by Crippen LogP contribution is 2.47. The number of thioether (sulfide) groups is 2. The summed E-state index contributed by atoms with van der Waals surface area (Å²) < 4.78 is 20.6. The molecule has 0 aliphatic carbocycles. The van der Waals surface area contributed by atoms with E-state index in [2.05, 4.69) is 21.3 Å². The van der Waals surface area contributed by atoms with Gasteiger partial charge in [-0.1, -0.05) is 23.9 Å². The van der Waals surface area contributed by atoms with E-state index in [0.717, 1.165) is 29.3 Å². The van der Waals surface area contributed by atoms with Gasteiger partial charge in [-0.15, -0.1) is 10.2 Å². The summed E-state index contributed by atoms with van der Waals surface area (Å²) in [5.41, 5.74) is -0.472. The highest BCUT2D eigenvalue weighted by atomic mass is 32.2. The molecule has 3 unspecified atom stereocenters. The summed E-state index contributed by atoms with van der Waals surface area (Å²) in [4.78, 5) is 36.3. The van der Waals surface area contributed by atoms with Crippen LogP contribution in [0.4, 0.5) is 0 Å². The van der Waals surface area contributed by atoms with Crippen LogP contribution in [0.3, 0.4) is 0 Å². The molecule has 144 valence electrons. The number of rotatable bonds is 6. The fourth-order valence-corrected chi connectivity index (χ4v) is 4.58. The van der Waals surface area contributed by atoms with Gasteiger partial charge >= 0.3 is 7.82 Å². The molecule has 0 aromatic carbocycles. The predicted octanol–water partition coefficient (Wildman–Crippen LogP) is 1.45. The zero-order valence-electron chi connectivity index (χ0n) is 14.6. The van der Waals surface area contributed by atoms with Crippen LogP contribution in [0.1, 0.15) is 13.8 Å². The van der Waals surface area contributed by atoms with Crippen molar-refractivity contribution in [1.29, 1.82) is 0 Å². The first-order chi connectivity index (χ1) is 12.1. The first kappa shape index (κ1) is 21.1. The molecule has 0 aromatic heterocycles. The molecular weight excluding hydrogens is 403 g/mol. The largest absolute Gasteiger partial charge is 0.473 e. The summed E-state index contributed by atoms with van der Waals surface area (Å²) in [5, 5.41) is 8.36. The van der Waals surface area contributed by atoms with Crippen molar-refractivity contribution in [2.45, 2.75) is 24.5 Å². The van der Waals surface area contributed by atoms with Crippen molar-refractivity contribution in [3.8, 4) is 0 Å². The van der Waals surface area contributed by atoms with Gasteiger partial charge < -0.3 is 4.89 Å². The standard InChI is InChI=1S/C13H19N4O6PS2/c1-7(2)6-17-9(18)8(3)25-13(17)15-14-12-16(4)10(19)11(26-12)23-24(20,21)22-5/h8,11H,1,6H2,2-5H3,(H,20,21)/b14-12-,15-13-. The van der Waals surface area contributed by atoms with E-state index in [1.807, 2.05) is 0 Å². The van der Waals surface area contributed by atoms with Gasteiger partial charge in [0.15, 0.2) is 10.3 Å². The predicted molar refractivity (Wildman–Crippen MR) is 101 cm³/mol. The van der Waals surface area contributed by atoms with E-state index in [0.29, 0.717) is 11.7 Å². The molecule has 2 heterocycles. The third kappa shape index (κ3) is 4.76. The molecule has 0 aromatic rings. The normalized spacial score (nSPS) is 29.1. The summed E-state index contributed by atoms with van der Waals surface area (Å²) >= 11 is 2.08. The van der Waals surface area contributed by atoms with Gasteiger partial charge in [0.05, 0.1) is 5.25 Å². The lowest BCUT2D eigenvalue weighted by Gasteiger charge is -2.15. The molecule has 3 atom stereocenters. The average molecular weight is 422 g/mol. The number of amidine groups is 2. The number of carbonyl (C=O) groups excluding carboxylic acids is 2. The summed E-state index contributed by atoms with van der Waals surface area (Å²) in [5.74, 6) is -0.662. The SMILES string of the molecule is C=C(C)CN1C(=O)C(C)S/C1=N\N=C1/SC(OP(=O)(O)OC)C(=O)N1C. The van der Waals surface area contributed by atoms with Gasteiger partial charge in [-0.3, -0.25) is 28.4 Å². The van der Waals surface area contributed by atoms with Crippen LogP contribution in [0, 0.1) is 0 Å². The number of hydrogen-bond donors (Lipinski definition) is 1. The third-order valence-electron chi connectivity index (χ3n) is 3.27. The minimum Gasteiger partial charge on any atom is -0.302 e. The number of amides is 2. The van der Waals surface area contributed by atoms with Crippen molar-refractivity contribution in [3.05, 3.63) is 12.2 Å². The van der Waals surface area contributed by atoms with Gasteiger partial charge in [0.25, 0.3) is 5.91 Å². The van der Waals surface area contributed by atoms with Gasteiger partial charge in [-0.2, -0.15) is 0 Å². The number of hydrogen-bond acceptors (Lipinski definition) is 9. The molecule has 2 aliphatic heterocycles. The lowest BCUT2D eigenvalue weighted by molar-refractivity contribution is -0.129. The van der Waals surface area contributed by atoms with Gasteiger partial charge in [0, 0.05) is 20.7 Å². The summed E-state index contributed by atoms with van der Waals surface area (Å²) in [6, 6.07) is 0. The molecule has 1 N–H and O–H groups in total. The molecule has 26 heavy (non-hydrogen) atoms. The summed E-state index contributed by atoms with van der Waals surface area (Å²) in [7, 11) is -1.88. The van der Waals surface area contributed by atoms with Crippen molar-refractivity contribution >= 4 is 53.5 Å². The van der Waals surface area contributed by atoms with Crippen LogP contribution < -0.4 is 0 Å². The van der Waals surface area contributed by atoms with Gasteiger partial charge in [0.2, 0.25) is 11.3 Å². The Kier molecular flexibility index (Phi) is 6.70. The Morgan fingerprint density at radius 3 is 2.50 bits per heavy atom. The van der Waals surface area contributed by atoms with Crippen LogP contribution >= 0.6 is 31.3 Å². The Morgan fingerprint density at radius 2 is 1.92 bits per heavy atom. The second-order valence-electron chi connectivity index (χ2n) is 5.51. The Balaban J connectivity index is 2.19. The lowest BCUT2D eigenvalue weighted by atomic mass is 10.3. The second kappa shape index (κ2) is 8.24. The first-order valence-electron chi connectivity index (χ1n) is 7.35. The van der Waals surface area contributed by atoms with Crippen molar-refractivity contribution in [2.75, 3.05) is 20.7 Å². The second-order valence-corrected chi connectivity index (χ2v) is 9.36. The molecule has 2 amide bonds. The molecule has 2 saturated heterocycles. The Labute approximate surface area is 159 Å². The molecular formula is C13H19N4O6PS2. The Bertz CT molecular complexity index is 742. The van der Waals surface area contributed by atoms with Gasteiger partial charge in [-0.05, 0) is 25.6 Å². The number of carbonyl (C=O) groups is 2. The molecule has 10 nitrogen and oxygen atoms in total. The number of phosphoric ester groups is 1. The third-order valence-corrected chi connectivity index (χ3v) is 6.49. The van der Waals surface area contributed by atoms with Crippen molar-refractivity contribution in [2.24, 2.45) is 10.2 Å². The molecule has 2 fully saturated rings. The van der Waals surface area contributed by atoms with Crippen LogP contribution in [0.5, 0.6) is 0 Å². The zero-order valence-corrected chi connectivity index (χ0v) is 17.1. The highest BCUT2D eigenvalue weighted by molar-refractivity contribution is 8.16. The maximum atomic E-state index is 12.2. The Morgan fingerprint density at radius 1 is 1.31 bits per heavy atom. The summed E-state index contributed by atoms with van der Waals surface area (Å²) in [6.07, 6.45) is 0. The van der Waals surface area contributed by atoms with E-state index in [9.17, 15) is 19.0 Å². The fourth-order valence-electron chi connectivity index (χ4n) is 1.96. The quantitative estimate of drug-likeness (QED) is 0.388. The minimum atomic E-state index is -4.32. The van der Waals surface area contributed by atoms with Crippen molar-refractivity contribution in [3.63, 3.8) is 0 Å². The maximum Gasteiger partial charge on any atom is 0.473 e. The number of phosphoric acid groups is 1. The molecule has 0 saturated carbocycles. The van der Waals surface area contributed by atoms with Crippen molar-refractivity contribution in [1.82, 2.24) is 9.80 Å². The Hall–Kier alpha value is -1.17. The molecule has 13 heteroatoms. The summed E-state index contributed by atoms with van der Waals surface area (Å²) in [6.45, 7) is 7.69. The van der Waals surface area contributed by atoms with Crippen LogP contribution in [0.15, 0.2) is 22.4 Å². The van der Waals surface area contributed by atoms with E-state index in [1.54, 1.807) is 13.8 Å².